The molecule has 0 spiro atoms. The van der Waals surface area contributed by atoms with Crippen LogP contribution in [0, 0.1) is 6.92 Å². The van der Waals surface area contributed by atoms with Crippen LogP contribution in [-0.4, -0.2) is 17.7 Å². The maximum absolute atomic E-state index is 12.5. The van der Waals surface area contributed by atoms with Crippen LogP contribution in [0.2, 0.25) is 0 Å². The van der Waals surface area contributed by atoms with E-state index in [1.54, 1.807) is 36.4 Å². The number of hydrogen-bond acceptors (Lipinski definition) is 4. The van der Waals surface area contributed by atoms with E-state index in [-0.39, 0.29) is 24.5 Å². The summed E-state index contributed by atoms with van der Waals surface area (Å²) in [6.45, 7) is 1.87. The van der Waals surface area contributed by atoms with Crippen LogP contribution in [0.3, 0.4) is 0 Å². The maximum atomic E-state index is 12.5. The van der Waals surface area contributed by atoms with Gasteiger partial charge >= 0.3 is 0 Å². The van der Waals surface area contributed by atoms with E-state index in [0.29, 0.717) is 29.7 Å². The first kappa shape index (κ1) is 18.4. The number of carbonyl (C=O) groups is 3. The van der Waals surface area contributed by atoms with Gasteiger partial charge in [-0.2, -0.15) is 0 Å². The summed E-state index contributed by atoms with van der Waals surface area (Å²) in [5.74, 6) is -1.51. The zero-order valence-electron chi connectivity index (χ0n) is 14.1. The Morgan fingerprint density at radius 3 is 2.32 bits per heavy atom. The molecular weight excluding hydrogens is 318 g/mol. The number of ketones is 1. The van der Waals surface area contributed by atoms with E-state index in [4.69, 9.17) is 0 Å². The fourth-order valence-electron chi connectivity index (χ4n) is 2.47. The number of Topliss-reactive ketones (excluding diaryl/α,β-unsaturated/α-hetero) is 1. The van der Waals surface area contributed by atoms with Gasteiger partial charge in [0.25, 0.3) is 5.91 Å². The average molecular weight is 338 g/mol. The lowest BCUT2D eigenvalue weighted by molar-refractivity contribution is -0.305. The van der Waals surface area contributed by atoms with Crippen LogP contribution >= 0.6 is 0 Å². The Morgan fingerprint density at radius 2 is 1.64 bits per heavy atom. The van der Waals surface area contributed by atoms with Crippen molar-refractivity contribution in [3.8, 4) is 0 Å². The highest BCUT2D eigenvalue weighted by Gasteiger charge is 2.14. The van der Waals surface area contributed by atoms with Crippen molar-refractivity contribution in [2.75, 3.05) is 5.32 Å². The first-order chi connectivity index (χ1) is 12.0. The average Bonchev–Trinajstić information content (AvgIpc) is 2.60. The molecule has 0 atom stereocenters. The van der Waals surface area contributed by atoms with Crippen LogP contribution < -0.4 is 10.4 Å². The second kappa shape index (κ2) is 8.78. The van der Waals surface area contributed by atoms with Crippen LogP contribution in [0.4, 0.5) is 5.69 Å². The number of amides is 1. The summed E-state index contributed by atoms with van der Waals surface area (Å²) < 4.78 is 0. The number of rotatable bonds is 8. The third kappa shape index (κ3) is 5.57. The van der Waals surface area contributed by atoms with Crippen molar-refractivity contribution in [1.82, 2.24) is 0 Å². The highest BCUT2D eigenvalue weighted by molar-refractivity contribution is 6.09. The summed E-state index contributed by atoms with van der Waals surface area (Å²) in [6, 6.07) is 14.0. The molecule has 0 saturated carbocycles. The second-order valence-corrected chi connectivity index (χ2v) is 5.87. The quantitative estimate of drug-likeness (QED) is 0.592. The molecule has 0 aliphatic heterocycles. The van der Waals surface area contributed by atoms with Gasteiger partial charge in [-0.05, 0) is 50.5 Å². The molecule has 2 rings (SSSR count). The zero-order valence-corrected chi connectivity index (χ0v) is 14.1. The van der Waals surface area contributed by atoms with Gasteiger partial charge in [0, 0.05) is 23.5 Å². The summed E-state index contributed by atoms with van der Waals surface area (Å²) in [5.41, 5.74) is 2.33. The van der Waals surface area contributed by atoms with E-state index in [0.717, 1.165) is 5.56 Å². The van der Waals surface area contributed by atoms with Crippen molar-refractivity contribution in [1.29, 1.82) is 0 Å². The first-order valence-corrected chi connectivity index (χ1v) is 8.17. The number of aliphatic carboxylic acids is 1. The third-order valence-electron chi connectivity index (χ3n) is 3.79. The lowest BCUT2D eigenvalue weighted by atomic mass is 10.0. The molecule has 5 heteroatoms. The molecule has 0 bridgehead atoms. The predicted molar refractivity (Wildman–Crippen MR) is 93.4 cm³/mol. The smallest absolute Gasteiger partial charge is 0.255 e. The van der Waals surface area contributed by atoms with Gasteiger partial charge < -0.3 is 15.2 Å². The number of hydrogen-bond donors (Lipinski definition) is 1. The Balaban J connectivity index is 2.10. The molecule has 2 aromatic rings. The Kier molecular flexibility index (Phi) is 6.46. The largest absolute Gasteiger partial charge is 0.550 e. The van der Waals surface area contributed by atoms with Gasteiger partial charge in [0.15, 0.2) is 5.78 Å². The number of carbonyl (C=O) groups excluding carboxylic acids is 3. The number of anilines is 1. The van der Waals surface area contributed by atoms with Crippen molar-refractivity contribution in [2.24, 2.45) is 0 Å². The van der Waals surface area contributed by atoms with Crippen LogP contribution in [-0.2, 0) is 4.79 Å². The maximum Gasteiger partial charge on any atom is 0.255 e. The van der Waals surface area contributed by atoms with Gasteiger partial charge in [0.2, 0.25) is 0 Å². The van der Waals surface area contributed by atoms with Crippen LogP contribution in [0.15, 0.2) is 48.5 Å². The third-order valence-corrected chi connectivity index (χ3v) is 3.79. The van der Waals surface area contributed by atoms with Crippen LogP contribution in [0.25, 0.3) is 0 Å². The summed E-state index contributed by atoms with van der Waals surface area (Å²) in [7, 11) is 0. The van der Waals surface area contributed by atoms with E-state index >= 15 is 0 Å². The zero-order chi connectivity index (χ0) is 18.2. The number of carboxylic acid groups (broad SMARTS) is 1. The molecule has 5 nitrogen and oxygen atoms in total. The lowest BCUT2D eigenvalue weighted by Gasteiger charge is -2.12. The van der Waals surface area contributed by atoms with Gasteiger partial charge in [-0.1, -0.05) is 29.8 Å². The van der Waals surface area contributed by atoms with Gasteiger partial charge in [0.05, 0.1) is 5.69 Å². The molecule has 0 unspecified atom stereocenters. The normalized spacial score (nSPS) is 10.3. The number of benzene rings is 2. The molecule has 0 aliphatic carbocycles. The summed E-state index contributed by atoms with van der Waals surface area (Å²) >= 11 is 0. The minimum absolute atomic E-state index is 0.0568. The molecule has 0 heterocycles. The minimum Gasteiger partial charge on any atom is -0.550 e. The number of carboxylic acids is 1. The van der Waals surface area contributed by atoms with Gasteiger partial charge in [-0.3, -0.25) is 9.59 Å². The standard InChI is InChI=1S/C20H21NO4/c1-14-11-12-17(21-20(25)15-7-3-2-4-8-15)16(13-14)18(22)9-5-6-10-19(23)24/h2-4,7-8,11-13H,5-6,9-10H2,1H3,(H,21,25)(H,23,24)/p-1. The highest BCUT2D eigenvalue weighted by Crippen LogP contribution is 2.21. The summed E-state index contributed by atoms with van der Waals surface area (Å²) in [5, 5.41) is 13.2. The SMILES string of the molecule is Cc1ccc(NC(=O)c2ccccc2)c(C(=O)CCCCC(=O)[O-])c1. The van der Waals surface area contributed by atoms with Crippen molar-refractivity contribution in [2.45, 2.75) is 32.6 Å². The Bertz CT molecular complexity index is 769. The predicted octanol–water partition coefficient (Wildman–Crippen LogP) is 2.74. The molecule has 0 radical (unpaired) electrons. The fraction of sp³-hybridized carbons (Fsp3) is 0.250. The first-order valence-electron chi connectivity index (χ1n) is 8.17. The molecule has 2 aromatic carbocycles. The number of nitrogens with one attached hydrogen (secondary N) is 1. The summed E-state index contributed by atoms with van der Waals surface area (Å²) in [6.07, 6.45) is 1.03. The van der Waals surface area contributed by atoms with Crippen molar-refractivity contribution < 1.29 is 19.5 Å². The molecule has 0 aliphatic rings. The second-order valence-electron chi connectivity index (χ2n) is 5.87. The molecular formula is C20H20NO4-. The Labute approximate surface area is 146 Å². The Morgan fingerprint density at radius 1 is 0.960 bits per heavy atom. The van der Waals surface area contributed by atoms with Gasteiger partial charge in [-0.25, -0.2) is 0 Å². The van der Waals surface area contributed by atoms with Crippen LogP contribution in [0.1, 0.15) is 52.0 Å². The molecule has 0 saturated heterocycles. The number of aryl methyl sites for hydroxylation is 1. The number of unbranched alkanes of at least 4 members (excludes halogenated alkanes) is 1. The van der Waals surface area contributed by atoms with E-state index in [1.807, 2.05) is 19.1 Å². The molecule has 0 aromatic heterocycles. The van der Waals surface area contributed by atoms with Crippen LogP contribution in [0.5, 0.6) is 0 Å². The van der Waals surface area contributed by atoms with E-state index in [9.17, 15) is 19.5 Å². The monoisotopic (exact) mass is 338 g/mol. The Hall–Kier alpha value is -2.95. The van der Waals surface area contributed by atoms with Crippen molar-refractivity contribution in [3.63, 3.8) is 0 Å². The van der Waals surface area contributed by atoms with E-state index in [2.05, 4.69) is 5.32 Å². The van der Waals surface area contributed by atoms with Crippen molar-refractivity contribution in [3.05, 3.63) is 65.2 Å². The van der Waals surface area contributed by atoms with E-state index < -0.39 is 5.97 Å². The fourth-order valence-corrected chi connectivity index (χ4v) is 2.47. The molecule has 130 valence electrons. The van der Waals surface area contributed by atoms with Crippen molar-refractivity contribution >= 4 is 23.3 Å². The summed E-state index contributed by atoms with van der Waals surface area (Å²) in [4.78, 5) is 35.2. The molecule has 0 fully saturated rings. The van der Waals surface area contributed by atoms with Gasteiger partial charge in [-0.15, -0.1) is 0 Å². The molecule has 25 heavy (non-hydrogen) atoms. The molecule has 1 amide bonds. The van der Waals surface area contributed by atoms with Gasteiger partial charge in [0.1, 0.15) is 0 Å². The molecule has 1 N–H and O–H groups in total. The topological polar surface area (TPSA) is 86.3 Å². The highest BCUT2D eigenvalue weighted by atomic mass is 16.4. The minimum atomic E-state index is -1.11. The lowest BCUT2D eigenvalue weighted by Crippen LogP contribution is -2.21. The van der Waals surface area contributed by atoms with E-state index in [1.165, 1.54) is 0 Å².